The number of nitrogens with one attached hydrogen (secondary N) is 1. The van der Waals surface area contributed by atoms with E-state index in [2.05, 4.69) is 15.2 Å². The summed E-state index contributed by atoms with van der Waals surface area (Å²) in [6, 6.07) is 12.7. The van der Waals surface area contributed by atoms with E-state index < -0.39 is 5.56 Å². The van der Waals surface area contributed by atoms with Gasteiger partial charge in [0.1, 0.15) is 5.75 Å². The van der Waals surface area contributed by atoms with Crippen molar-refractivity contribution in [2.24, 2.45) is 0 Å². The van der Waals surface area contributed by atoms with Crippen molar-refractivity contribution in [1.29, 1.82) is 0 Å². The molecule has 0 atom stereocenters. The number of Topliss-reactive ketones (excluding diaryl/α,β-unsaturated/α-hetero) is 1. The van der Waals surface area contributed by atoms with E-state index in [9.17, 15) is 14.7 Å². The van der Waals surface area contributed by atoms with Gasteiger partial charge in [0, 0.05) is 16.1 Å². The summed E-state index contributed by atoms with van der Waals surface area (Å²) < 4.78 is 0. The Morgan fingerprint density at radius 1 is 1.08 bits per heavy atom. The molecule has 0 bridgehead atoms. The highest BCUT2D eigenvalue weighted by atomic mass is 35.5. The Kier molecular flexibility index (Phi) is 5.16. The van der Waals surface area contributed by atoms with Crippen LogP contribution in [0.5, 0.6) is 5.75 Å². The topological polar surface area (TPSA) is 95.9 Å². The zero-order valence-corrected chi connectivity index (χ0v) is 14.3. The van der Waals surface area contributed by atoms with Gasteiger partial charge in [0.25, 0.3) is 5.56 Å². The molecule has 0 saturated heterocycles. The molecule has 0 amide bonds. The number of halogens is 1. The van der Waals surface area contributed by atoms with Gasteiger partial charge >= 0.3 is 0 Å². The summed E-state index contributed by atoms with van der Waals surface area (Å²) in [6.07, 6.45) is 0. The van der Waals surface area contributed by atoms with Crippen molar-refractivity contribution in [3.63, 3.8) is 0 Å². The molecule has 0 fully saturated rings. The number of hydrogen-bond donors (Lipinski definition) is 2. The molecule has 25 heavy (non-hydrogen) atoms. The lowest BCUT2D eigenvalue weighted by atomic mass is 10.1. The van der Waals surface area contributed by atoms with Gasteiger partial charge in [0.2, 0.25) is 0 Å². The van der Waals surface area contributed by atoms with Crippen LogP contribution in [0.25, 0.3) is 11.3 Å². The Labute approximate surface area is 151 Å². The third-order valence-corrected chi connectivity index (χ3v) is 4.44. The summed E-state index contributed by atoms with van der Waals surface area (Å²) in [5.41, 5.74) is 0.809. The highest BCUT2D eigenvalue weighted by Crippen LogP contribution is 2.18. The normalized spacial score (nSPS) is 10.6. The summed E-state index contributed by atoms with van der Waals surface area (Å²) in [6.45, 7) is 0. The fourth-order valence-corrected chi connectivity index (χ4v) is 2.87. The summed E-state index contributed by atoms with van der Waals surface area (Å²) in [7, 11) is 0. The second-order valence-corrected chi connectivity index (χ2v) is 6.47. The van der Waals surface area contributed by atoms with E-state index in [1.165, 1.54) is 12.1 Å². The van der Waals surface area contributed by atoms with Crippen molar-refractivity contribution in [3.05, 3.63) is 69.5 Å². The molecule has 2 aromatic carbocycles. The number of nitrogens with zero attached hydrogens (tertiary/aromatic N) is 2. The van der Waals surface area contributed by atoms with Crippen molar-refractivity contribution < 1.29 is 9.90 Å². The minimum atomic E-state index is -0.415. The van der Waals surface area contributed by atoms with Crippen LogP contribution in [-0.4, -0.2) is 31.8 Å². The number of phenolic OH excluding ortho intramolecular Hbond substituents is 1. The van der Waals surface area contributed by atoms with Crippen molar-refractivity contribution in [1.82, 2.24) is 15.2 Å². The van der Waals surface area contributed by atoms with Crippen molar-refractivity contribution >= 4 is 29.1 Å². The number of aromatic nitrogens is 3. The van der Waals surface area contributed by atoms with Gasteiger partial charge in [0.15, 0.2) is 16.6 Å². The highest BCUT2D eigenvalue weighted by molar-refractivity contribution is 7.99. The summed E-state index contributed by atoms with van der Waals surface area (Å²) in [5, 5.41) is 18.0. The van der Waals surface area contributed by atoms with Gasteiger partial charge < -0.3 is 5.11 Å². The maximum Gasteiger partial charge on any atom is 0.278 e. The quantitative estimate of drug-likeness (QED) is 0.526. The van der Waals surface area contributed by atoms with Gasteiger partial charge in [-0.15, -0.1) is 10.2 Å². The molecule has 3 rings (SSSR count). The molecule has 2 N–H and O–H groups in total. The van der Waals surface area contributed by atoms with Gasteiger partial charge in [-0.2, -0.15) is 0 Å². The van der Waals surface area contributed by atoms with E-state index in [0.29, 0.717) is 16.1 Å². The molecule has 0 saturated carbocycles. The van der Waals surface area contributed by atoms with E-state index in [4.69, 9.17) is 11.6 Å². The van der Waals surface area contributed by atoms with Crippen LogP contribution in [0.15, 0.2) is 58.5 Å². The number of aromatic hydroxyl groups is 1. The lowest BCUT2D eigenvalue weighted by molar-refractivity contribution is 0.102. The molecule has 3 aromatic rings. The lowest BCUT2D eigenvalue weighted by Crippen LogP contribution is -2.14. The molecule has 0 aliphatic heterocycles. The number of H-pyrrole nitrogens is 1. The molecule has 0 aliphatic rings. The second kappa shape index (κ2) is 7.50. The highest BCUT2D eigenvalue weighted by Gasteiger charge is 2.11. The molecular formula is C17H12ClN3O3S. The van der Waals surface area contributed by atoms with E-state index in [-0.39, 0.29) is 28.1 Å². The number of thioether (sulfide) groups is 1. The van der Waals surface area contributed by atoms with Crippen LogP contribution in [0.1, 0.15) is 10.4 Å². The average molecular weight is 374 g/mol. The standard InChI is InChI=1S/C17H12ClN3O3S/c18-12-5-1-10(2-6-12)14(23)9-25-17-19-16(24)15(20-21-17)11-3-7-13(22)8-4-11/h1-8,22H,9H2,(H,19,21,24). The Balaban J connectivity index is 1.71. The molecule has 126 valence electrons. The predicted molar refractivity (Wildman–Crippen MR) is 96.3 cm³/mol. The number of aromatic amines is 1. The fourth-order valence-electron chi connectivity index (χ4n) is 2.05. The van der Waals surface area contributed by atoms with E-state index in [0.717, 1.165) is 11.8 Å². The van der Waals surface area contributed by atoms with Crippen LogP contribution in [0.4, 0.5) is 0 Å². The molecular weight excluding hydrogens is 362 g/mol. The molecule has 0 unspecified atom stereocenters. The minimum Gasteiger partial charge on any atom is -0.508 e. The van der Waals surface area contributed by atoms with Crippen LogP contribution in [0.2, 0.25) is 5.02 Å². The zero-order chi connectivity index (χ0) is 17.8. The third-order valence-electron chi connectivity index (χ3n) is 3.32. The van der Waals surface area contributed by atoms with Crippen molar-refractivity contribution in [3.8, 4) is 17.0 Å². The average Bonchev–Trinajstić information content (AvgIpc) is 2.61. The Bertz CT molecular complexity index is 956. The smallest absolute Gasteiger partial charge is 0.278 e. The first-order valence-electron chi connectivity index (χ1n) is 7.21. The number of benzene rings is 2. The largest absolute Gasteiger partial charge is 0.508 e. The summed E-state index contributed by atoms with van der Waals surface area (Å²) in [4.78, 5) is 26.9. The van der Waals surface area contributed by atoms with Crippen LogP contribution in [-0.2, 0) is 0 Å². The number of rotatable bonds is 5. The van der Waals surface area contributed by atoms with Crippen LogP contribution >= 0.6 is 23.4 Å². The SMILES string of the molecule is O=C(CSc1nnc(-c2ccc(O)cc2)c(=O)[nH]1)c1ccc(Cl)cc1. The molecule has 8 heteroatoms. The second-order valence-electron chi connectivity index (χ2n) is 5.07. The summed E-state index contributed by atoms with van der Waals surface area (Å²) >= 11 is 6.89. The van der Waals surface area contributed by atoms with Crippen molar-refractivity contribution in [2.75, 3.05) is 5.75 Å². The zero-order valence-electron chi connectivity index (χ0n) is 12.8. The monoisotopic (exact) mass is 373 g/mol. The Hall–Kier alpha value is -2.64. The van der Waals surface area contributed by atoms with Gasteiger partial charge in [-0.1, -0.05) is 23.4 Å². The van der Waals surface area contributed by atoms with Crippen LogP contribution < -0.4 is 5.56 Å². The van der Waals surface area contributed by atoms with Gasteiger partial charge in [0.05, 0.1) is 5.75 Å². The van der Waals surface area contributed by atoms with Gasteiger partial charge in [-0.05, 0) is 48.5 Å². The first-order chi connectivity index (χ1) is 12.0. The van der Waals surface area contributed by atoms with E-state index in [1.54, 1.807) is 36.4 Å². The predicted octanol–water partition coefficient (Wildman–Crippen LogP) is 3.17. The number of carbonyl (C=O) groups excluding carboxylic acids is 1. The fraction of sp³-hybridized carbons (Fsp3) is 0.0588. The third kappa shape index (κ3) is 4.26. The maximum atomic E-state index is 12.1. The maximum absolute atomic E-state index is 12.1. The first kappa shape index (κ1) is 17.2. The van der Waals surface area contributed by atoms with E-state index >= 15 is 0 Å². The molecule has 0 aliphatic carbocycles. The van der Waals surface area contributed by atoms with Gasteiger partial charge in [-0.3, -0.25) is 14.6 Å². The number of ketones is 1. The minimum absolute atomic E-state index is 0.0982. The van der Waals surface area contributed by atoms with Crippen LogP contribution in [0.3, 0.4) is 0 Å². The Morgan fingerprint density at radius 3 is 2.40 bits per heavy atom. The summed E-state index contributed by atoms with van der Waals surface area (Å²) in [5.74, 6) is 0.109. The first-order valence-corrected chi connectivity index (χ1v) is 8.57. The van der Waals surface area contributed by atoms with Gasteiger partial charge in [-0.25, -0.2) is 0 Å². The molecule has 1 heterocycles. The molecule has 0 radical (unpaired) electrons. The number of phenols is 1. The lowest BCUT2D eigenvalue weighted by Gasteiger charge is -2.03. The van der Waals surface area contributed by atoms with Crippen LogP contribution in [0, 0.1) is 0 Å². The molecule has 1 aromatic heterocycles. The molecule has 6 nitrogen and oxygen atoms in total. The number of hydrogen-bond acceptors (Lipinski definition) is 6. The molecule has 0 spiro atoms. The van der Waals surface area contributed by atoms with Crippen molar-refractivity contribution in [2.45, 2.75) is 5.16 Å². The Morgan fingerprint density at radius 2 is 1.76 bits per heavy atom. The number of carbonyl (C=O) groups is 1. The van der Waals surface area contributed by atoms with E-state index in [1.807, 2.05) is 0 Å².